The van der Waals surface area contributed by atoms with Gasteiger partial charge >= 0.3 is 0 Å². The molecule has 0 saturated carbocycles. The second kappa shape index (κ2) is 4.45. The molecule has 1 aliphatic rings. The Morgan fingerprint density at radius 1 is 1.67 bits per heavy atom. The van der Waals surface area contributed by atoms with Crippen LogP contribution in [0.1, 0.15) is 20.3 Å². The molecule has 0 aliphatic carbocycles. The van der Waals surface area contributed by atoms with E-state index in [0.717, 1.165) is 19.6 Å². The van der Waals surface area contributed by atoms with Gasteiger partial charge in [0.25, 0.3) is 0 Å². The van der Waals surface area contributed by atoms with E-state index in [4.69, 9.17) is 0 Å². The highest BCUT2D eigenvalue weighted by atomic mass is 16.1. The molecule has 0 spiro atoms. The maximum atomic E-state index is 10.7. The molecule has 1 heterocycles. The predicted molar refractivity (Wildman–Crippen MR) is 48.8 cm³/mol. The van der Waals surface area contributed by atoms with Gasteiger partial charge in [-0.05, 0) is 31.3 Å². The number of amides is 1. The summed E-state index contributed by atoms with van der Waals surface area (Å²) in [5.41, 5.74) is 0. The van der Waals surface area contributed by atoms with E-state index in [2.05, 4.69) is 17.6 Å². The molecule has 70 valence electrons. The van der Waals surface area contributed by atoms with Crippen molar-refractivity contribution >= 4 is 5.91 Å². The number of hydrogen-bond acceptors (Lipinski definition) is 2. The van der Waals surface area contributed by atoms with Gasteiger partial charge in [0.15, 0.2) is 0 Å². The fourth-order valence-corrected chi connectivity index (χ4v) is 1.65. The van der Waals surface area contributed by atoms with E-state index >= 15 is 0 Å². The monoisotopic (exact) mass is 170 g/mol. The Morgan fingerprint density at radius 3 is 3.00 bits per heavy atom. The van der Waals surface area contributed by atoms with Crippen LogP contribution in [0.3, 0.4) is 0 Å². The number of carbonyl (C=O) groups is 1. The minimum atomic E-state index is 0.0840. The van der Waals surface area contributed by atoms with Crippen LogP contribution in [0.25, 0.3) is 0 Å². The summed E-state index contributed by atoms with van der Waals surface area (Å²) in [6.07, 6.45) is 1.18. The Bertz CT molecular complexity index is 159. The van der Waals surface area contributed by atoms with Crippen molar-refractivity contribution in [2.75, 3.05) is 19.6 Å². The van der Waals surface area contributed by atoms with Crippen molar-refractivity contribution in [2.45, 2.75) is 20.3 Å². The Morgan fingerprint density at radius 2 is 2.42 bits per heavy atom. The first-order valence-corrected chi connectivity index (χ1v) is 4.65. The zero-order valence-corrected chi connectivity index (χ0v) is 7.89. The van der Waals surface area contributed by atoms with Crippen LogP contribution in [0, 0.1) is 11.8 Å². The fraction of sp³-hybridized carbons (Fsp3) is 0.889. The number of hydrogen-bond donors (Lipinski definition) is 2. The van der Waals surface area contributed by atoms with Crippen molar-refractivity contribution in [1.29, 1.82) is 0 Å². The molecule has 1 fully saturated rings. The van der Waals surface area contributed by atoms with E-state index in [9.17, 15) is 4.79 Å². The summed E-state index contributed by atoms with van der Waals surface area (Å²) in [6, 6.07) is 0. The van der Waals surface area contributed by atoms with Crippen molar-refractivity contribution in [3.63, 3.8) is 0 Å². The molecule has 3 heteroatoms. The van der Waals surface area contributed by atoms with Crippen LogP contribution < -0.4 is 10.6 Å². The summed E-state index contributed by atoms with van der Waals surface area (Å²) in [7, 11) is 0. The quantitative estimate of drug-likeness (QED) is 0.628. The van der Waals surface area contributed by atoms with Crippen LogP contribution in [-0.4, -0.2) is 25.5 Å². The zero-order valence-electron chi connectivity index (χ0n) is 7.89. The van der Waals surface area contributed by atoms with Gasteiger partial charge in [0, 0.05) is 13.5 Å². The third-order valence-corrected chi connectivity index (χ3v) is 2.58. The highest BCUT2D eigenvalue weighted by molar-refractivity contribution is 5.72. The lowest BCUT2D eigenvalue weighted by Gasteiger charge is -2.29. The van der Waals surface area contributed by atoms with E-state index in [1.54, 1.807) is 6.92 Å². The lowest BCUT2D eigenvalue weighted by atomic mass is 9.88. The summed E-state index contributed by atoms with van der Waals surface area (Å²) in [5.74, 6) is 1.43. The van der Waals surface area contributed by atoms with Gasteiger partial charge in [-0.15, -0.1) is 0 Å². The summed E-state index contributed by atoms with van der Waals surface area (Å²) >= 11 is 0. The first-order chi connectivity index (χ1) is 5.70. The number of carbonyl (C=O) groups excluding carboxylic acids is 1. The Balaban J connectivity index is 2.24. The minimum absolute atomic E-state index is 0.0840. The maximum Gasteiger partial charge on any atom is 0.216 e. The van der Waals surface area contributed by atoms with Gasteiger partial charge in [-0.3, -0.25) is 4.79 Å². The van der Waals surface area contributed by atoms with E-state index in [0.29, 0.717) is 11.8 Å². The van der Waals surface area contributed by atoms with Gasteiger partial charge in [-0.1, -0.05) is 6.92 Å². The first-order valence-electron chi connectivity index (χ1n) is 4.65. The average molecular weight is 170 g/mol. The van der Waals surface area contributed by atoms with Gasteiger partial charge in [0.05, 0.1) is 0 Å². The Hall–Kier alpha value is -0.570. The van der Waals surface area contributed by atoms with Gasteiger partial charge in [0.2, 0.25) is 5.91 Å². The van der Waals surface area contributed by atoms with Crippen LogP contribution >= 0.6 is 0 Å². The normalized spacial score (nSPS) is 29.8. The van der Waals surface area contributed by atoms with Crippen molar-refractivity contribution < 1.29 is 4.79 Å². The van der Waals surface area contributed by atoms with Crippen LogP contribution in [-0.2, 0) is 4.79 Å². The van der Waals surface area contributed by atoms with Crippen LogP contribution in [0.4, 0.5) is 0 Å². The first kappa shape index (κ1) is 9.52. The van der Waals surface area contributed by atoms with Crippen LogP contribution in [0.5, 0.6) is 0 Å². The SMILES string of the molecule is CC(=O)NC[C@H]1CCNC[C@H]1C. The molecule has 1 rings (SSSR count). The van der Waals surface area contributed by atoms with Crippen molar-refractivity contribution in [3.05, 3.63) is 0 Å². The van der Waals surface area contributed by atoms with Gasteiger partial charge < -0.3 is 10.6 Å². The Labute approximate surface area is 73.9 Å². The fourth-order valence-electron chi connectivity index (χ4n) is 1.65. The number of nitrogens with one attached hydrogen (secondary N) is 2. The van der Waals surface area contributed by atoms with Crippen molar-refractivity contribution in [1.82, 2.24) is 10.6 Å². The van der Waals surface area contributed by atoms with E-state index in [1.165, 1.54) is 6.42 Å². The molecule has 0 aromatic heterocycles. The van der Waals surface area contributed by atoms with Gasteiger partial charge in [-0.2, -0.15) is 0 Å². The van der Waals surface area contributed by atoms with E-state index < -0.39 is 0 Å². The molecule has 1 aliphatic heterocycles. The lowest BCUT2D eigenvalue weighted by Crippen LogP contribution is -2.40. The molecule has 0 radical (unpaired) electrons. The molecule has 1 amide bonds. The molecular formula is C9H18N2O. The summed E-state index contributed by atoms with van der Waals surface area (Å²) in [4.78, 5) is 10.7. The van der Waals surface area contributed by atoms with Gasteiger partial charge in [-0.25, -0.2) is 0 Å². The minimum Gasteiger partial charge on any atom is -0.356 e. The molecule has 3 nitrogen and oxygen atoms in total. The third-order valence-electron chi connectivity index (χ3n) is 2.58. The maximum absolute atomic E-state index is 10.7. The molecule has 1 saturated heterocycles. The molecule has 0 bridgehead atoms. The standard InChI is InChI=1S/C9H18N2O/c1-7-5-10-4-3-9(7)6-11-8(2)12/h7,9-10H,3-6H2,1-2H3,(H,11,12)/t7-,9-/m1/s1. The second-order valence-corrected chi connectivity index (χ2v) is 3.67. The molecule has 2 atom stereocenters. The topological polar surface area (TPSA) is 41.1 Å². The zero-order chi connectivity index (χ0) is 8.97. The highest BCUT2D eigenvalue weighted by Gasteiger charge is 2.20. The number of rotatable bonds is 2. The van der Waals surface area contributed by atoms with Crippen molar-refractivity contribution in [2.24, 2.45) is 11.8 Å². The van der Waals surface area contributed by atoms with Crippen LogP contribution in [0.2, 0.25) is 0 Å². The molecule has 0 aromatic carbocycles. The van der Waals surface area contributed by atoms with E-state index in [-0.39, 0.29) is 5.91 Å². The average Bonchev–Trinajstić information content (AvgIpc) is 2.03. The molecule has 2 N–H and O–H groups in total. The lowest BCUT2D eigenvalue weighted by molar-refractivity contribution is -0.119. The molecule has 0 unspecified atom stereocenters. The van der Waals surface area contributed by atoms with Crippen molar-refractivity contribution in [3.8, 4) is 0 Å². The van der Waals surface area contributed by atoms with E-state index in [1.807, 2.05) is 0 Å². The second-order valence-electron chi connectivity index (χ2n) is 3.67. The molecular weight excluding hydrogens is 152 g/mol. The molecule has 12 heavy (non-hydrogen) atoms. The predicted octanol–water partition coefficient (Wildman–Crippen LogP) is 0.368. The molecule has 0 aromatic rings. The van der Waals surface area contributed by atoms with Crippen LogP contribution in [0.15, 0.2) is 0 Å². The van der Waals surface area contributed by atoms with Gasteiger partial charge in [0.1, 0.15) is 0 Å². The smallest absolute Gasteiger partial charge is 0.216 e. The summed E-state index contributed by atoms with van der Waals surface area (Å²) < 4.78 is 0. The Kier molecular flexibility index (Phi) is 3.53. The third kappa shape index (κ3) is 2.81. The number of piperidine rings is 1. The largest absolute Gasteiger partial charge is 0.356 e. The highest BCUT2D eigenvalue weighted by Crippen LogP contribution is 2.17. The summed E-state index contributed by atoms with van der Waals surface area (Å²) in [6.45, 7) is 6.83. The summed E-state index contributed by atoms with van der Waals surface area (Å²) in [5, 5.41) is 6.22.